The van der Waals surface area contributed by atoms with E-state index in [4.69, 9.17) is 2.74 Å². The second kappa shape index (κ2) is 6.17. The highest BCUT2D eigenvalue weighted by Crippen LogP contribution is 2.68. The number of imidazole rings is 1. The zero-order valence-electron chi connectivity index (χ0n) is 14.0. The summed E-state index contributed by atoms with van der Waals surface area (Å²) >= 11 is 0. The molecule has 0 saturated carbocycles. The summed E-state index contributed by atoms with van der Waals surface area (Å²) in [5.74, 6) is 0. The van der Waals surface area contributed by atoms with Crippen LogP contribution in [0.4, 0.5) is 0 Å². The third-order valence-electron chi connectivity index (χ3n) is 3.71. The van der Waals surface area contributed by atoms with Gasteiger partial charge in [0, 0.05) is 38.6 Å². The average molecular weight is 350 g/mol. The zero-order valence-corrected chi connectivity index (χ0v) is 13.8. The highest BCUT2D eigenvalue weighted by molar-refractivity contribution is 7.79. The summed E-state index contributed by atoms with van der Waals surface area (Å²) in [7, 11) is -7.98. The summed E-state index contributed by atoms with van der Waals surface area (Å²) in [6.45, 7) is -1.35. The molecule has 5 N–H and O–H groups in total. The average Bonchev–Trinajstić information content (AvgIpc) is 3.10. The molecule has 3 rings (SSSR count). The first-order valence-electron chi connectivity index (χ1n) is 8.18. The smallest absolute Gasteiger partial charge is 0.254 e. The summed E-state index contributed by atoms with van der Waals surface area (Å²) < 4.78 is 45.0. The minimum atomic E-state index is -3.99. The fourth-order valence-corrected chi connectivity index (χ4v) is 8.46. The normalized spacial score (nSPS) is 27.0. The first-order valence-corrected chi connectivity index (χ1v) is 10.6. The number of rotatable bonds is 4. The van der Waals surface area contributed by atoms with E-state index in [1.807, 2.05) is 0 Å². The Kier molecular flexibility index (Phi) is 3.89. The molecule has 2 aliphatic rings. The lowest BCUT2D eigenvalue weighted by Gasteiger charge is -2.44. The van der Waals surface area contributed by atoms with Crippen LogP contribution in [-0.4, -0.2) is 45.9 Å². The summed E-state index contributed by atoms with van der Waals surface area (Å²) in [5, 5.41) is 19.5. The lowest BCUT2D eigenvalue weighted by atomic mass is 10.4. The second-order valence-corrected chi connectivity index (χ2v) is 10.6. The van der Waals surface area contributed by atoms with Crippen molar-refractivity contribution in [1.29, 1.82) is 0 Å². The van der Waals surface area contributed by atoms with Crippen LogP contribution in [-0.2, 0) is 15.6 Å². The van der Waals surface area contributed by atoms with Crippen molar-refractivity contribution in [2.24, 2.45) is 0 Å². The SMILES string of the molecule is [2H]C([2H])(n1ccnc1)C(O)(P1(=O)NCCCN1)P1(=O)NCCCN1. The summed E-state index contributed by atoms with van der Waals surface area (Å²) in [5.41, 5.74) is 0. The number of nitrogens with zero attached hydrogens (tertiary/aromatic N) is 2. The van der Waals surface area contributed by atoms with Crippen LogP contribution in [0, 0.1) is 0 Å². The molecule has 124 valence electrons. The third-order valence-corrected chi connectivity index (χ3v) is 10.0. The first kappa shape index (κ1) is 13.9. The van der Waals surface area contributed by atoms with Gasteiger partial charge in [-0.2, -0.15) is 0 Å². The van der Waals surface area contributed by atoms with E-state index in [0.717, 1.165) is 10.9 Å². The van der Waals surface area contributed by atoms with Crippen molar-refractivity contribution in [2.75, 3.05) is 26.2 Å². The quantitative estimate of drug-likeness (QED) is 0.484. The fraction of sp³-hybridized carbons (Fsp3) is 0.727. The largest absolute Gasteiger partial charge is 0.369 e. The molecule has 3 heterocycles. The minimum Gasteiger partial charge on any atom is -0.369 e. The van der Waals surface area contributed by atoms with Crippen LogP contribution in [0.15, 0.2) is 18.7 Å². The van der Waals surface area contributed by atoms with Crippen molar-refractivity contribution in [3.63, 3.8) is 0 Å². The van der Waals surface area contributed by atoms with Crippen LogP contribution in [0.25, 0.3) is 0 Å². The second-order valence-electron chi connectivity index (χ2n) is 5.28. The predicted octanol–water partition coefficient (Wildman–Crippen LogP) is 0.0812. The van der Waals surface area contributed by atoms with E-state index in [1.165, 1.54) is 12.4 Å². The van der Waals surface area contributed by atoms with Gasteiger partial charge in [0.1, 0.15) is 0 Å². The standard InChI is InChI=1S/C11H22N6O3P2/c18-11(9-17-8-7-12-10-17,21(19)13-3-1-4-14-21)22(20)15-5-2-6-16-22/h7-8,10,18H,1-6,9H2,(H2,13,14,19)(H2,15,16,20)/i9D2. The molecule has 22 heavy (non-hydrogen) atoms. The molecule has 11 heteroatoms. The minimum absolute atomic E-state index is 0.326. The van der Waals surface area contributed by atoms with Crippen LogP contribution < -0.4 is 20.3 Å². The Bertz CT molecular complexity index is 633. The van der Waals surface area contributed by atoms with Crippen molar-refractivity contribution in [2.45, 2.75) is 24.4 Å². The molecule has 1 aromatic rings. The van der Waals surface area contributed by atoms with Crippen molar-refractivity contribution in [1.82, 2.24) is 29.9 Å². The molecule has 2 aliphatic heterocycles. The van der Waals surface area contributed by atoms with Crippen molar-refractivity contribution < 1.29 is 17.0 Å². The summed E-state index contributed by atoms with van der Waals surface area (Å²) in [4.78, 5) is 3.79. The maximum Gasteiger partial charge on any atom is 0.254 e. The Morgan fingerprint density at radius 2 is 1.64 bits per heavy atom. The molecule has 9 nitrogen and oxygen atoms in total. The number of hydrogen-bond acceptors (Lipinski definition) is 4. The monoisotopic (exact) mass is 350 g/mol. The molecular weight excluding hydrogens is 326 g/mol. The van der Waals surface area contributed by atoms with E-state index in [2.05, 4.69) is 25.3 Å². The third kappa shape index (κ3) is 2.71. The van der Waals surface area contributed by atoms with Gasteiger partial charge in [0.15, 0.2) is 0 Å². The number of aliphatic hydroxyl groups is 1. The Morgan fingerprint density at radius 3 is 2.05 bits per heavy atom. The predicted molar refractivity (Wildman–Crippen MR) is 83.6 cm³/mol. The Morgan fingerprint density at radius 1 is 1.14 bits per heavy atom. The van der Waals surface area contributed by atoms with E-state index in [0.29, 0.717) is 39.0 Å². The molecule has 0 unspecified atom stereocenters. The van der Waals surface area contributed by atoms with E-state index in [-0.39, 0.29) is 0 Å². The fourth-order valence-electron chi connectivity index (χ4n) is 2.51. The molecular formula is C11H22N6O3P2. The van der Waals surface area contributed by atoms with Crippen molar-refractivity contribution in [3.8, 4) is 0 Å². The van der Waals surface area contributed by atoms with Gasteiger partial charge in [-0.05, 0) is 12.8 Å². The van der Waals surface area contributed by atoms with Crippen LogP contribution in [0.2, 0.25) is 0 Å². The van der Waals surface area contributed by atoms with E-state index < -0.39 is 26.5 Å². The molecule has 0 atom stereocenters. The van der Waals surface area contributed by atoms with Gasteiger partial charge in [0.05, 0.1) is 15.6 Å². The molecule has 2 saturated heterocycles. The van der Waals surface area contributed by atoms with Crippen LogP contribution in [0.5, 0.6) is 0 Å². The van der Waals surface area contributed by atoms with Gasteiger partial charge in [-0.15, -0.1) is 0 Å². The van der Waals surface area contributed by atoms with E-state index in [1.54, 1.807) is 0 Å². The molecule has 0 bridgehead atoms. The Labute approximate surface area is 132 Å². The first-order chi connectivity index (χ1) is 11.3. The molecule has 0 aromatic carbocycles. The number of hydrogen-bond donors (Lipinski definition) is 5. The van der Waals surface area contributed by atoms with Crippen LogP contribution in [0.3, 0.4) is 0 Å². The topological polar surface area (TPSA) is 120 Å². The van der Waals surface area contributed by atoms with Gasteiger partial charge in [0.2, 0.25) is 5.08 Å². The molecule has 0 amide bonds. The van der Waals surface area contributed by atoms with Gasteiger partial charge >= 0.3 is 0 Å². The van der Waals surface area contributed by atoms with Crippen molar-refractivity contribution >= 4 is 14.9 Å². The molecule has 0 spiro atoms. The highest BCUT2D eigenvalue weighted by atomic mass is 31.2. The van der Waals surface area contributed by atoms with E-state index >= 15 is 0 Å². The molecule has 0 aliphatic carbocycles. The van der Waals surface area contributed by atoms with Gasteiger partial charge in [0.25, 0.3) is 14.9 Å². The molecule has 2 fully saturated rings. The van der Waals surface area contributed by atoms with Gasteiger partial charge in [-0.3, -0.25) is 29.5 Å². The van der Waals surface area contributed by atoms with Gasteiger partial charge in [-0.1, -0.05) is 0 Å². The summed E-state index contributed by atoms with van der Waals surface area (Å²) in [6.07, 6.45) is 5.14. The zero-order chi connectivity index (χ0) is 17.5. The maximum absolute atomic E-state index is 13.5. The van der Waals surface area contributed by atoms with Gasteiger partial charge in [-0.25, -0.2) is 4.98 Å². The van der Waals surface area contributed by atoms with Gasteiger partial charge < -0.3 is 9.67 Å². The molecule has 1 aromatic heterocycles. The lowest BCUT2D eigenvalue weighted by Crippen LogP contribution is -2.53. The van der Waals surface area contributed by atoms with Crippen LogP contribution in [0.1, 0.15) is 15.6 Å². The Hall–Kier alpha value is -0.530. The number of aromatic nitrogens is 2. The highest BCUT2D eigenvalue weighted by Gasteiger charge is 2.60. The maximum atomic E-state index is 13.5. The van der Waals surface area contributed by atoms with Crippen LogP contribution >= 0.6 is 14.9 Å². The number of nitrogens with one attached hydrogen (secondary N) is 4. The molecule has 0 radical (unpaired) electrons. The van der Waals surface area contributed by atoms with E-state index in [9.17, 15) is 14.2 Å². The van der Waals surface area contributed by atoms with Crippen molar-refractivity contribution in [3.05, 3.63) is 18.7 Å². The Balaban J connectivity index is 2.17. The summed E-state index contributed by atoms with van der Waals surface area (Å²) in [6, 6.07) is 0. The lowest BCUT2D eigenvalue weighted by molar-refractivity contribution is 0.166.